The van der Waals surface area contributed by atoms with E-state index in [4.69, 9.17) is 19.9 Å². The number of aromatic nitrogens is 3. The van der Waals surface area contributed by atoms with Crippen LogP contribution in [0.3, 0.4) is 0 Å². The number of aliphatic hydroxyl groups is 3. The van der Waals surface area contributed by atoms with Gasteiger partial charge in [0.2, 0.25) is 11.8 Å². The average Bonchev–Trinajstić information content (AvgIpc) is 3.15. The molecule has 0 bridgehead atoms. The van der Waals surface area contributed by atoms with E-state index in [1.807, 2.05) is 0 Å². The Hall–Kier alpha value is -2.32. The van der Waals surface area contributed by atoms with E-state index in [9.17, 15) is 24.9 Å². The molecule has 0 unspecified atom stereocenters. The Balaban J connectivity index is 1.72. The topological polar surface area (TPSA) is 179 Å². The summed E-state index contributed by atoms with van der Waals surface area (Å²) in [6.07, 6.45) is -3.89. The van der Waals surface area contributed by atoms with Gasteiger partial charge in [0.15, 0.2) is 5.65 Å². The third kappa shape index (κ3) is 5.53. The molecular formula is C19H28N4O8S. The fourth-order valence-corrected chi connectivity index (χ4v) is 4.16. The normalized spacial score (nSPS) is 23.6. The molecule has 13 heteroatoms. The number of hydrogen-bond acceptors (Lipinski definition) is 12. The lowest BCUT2D eigenvalue weighted by atomic mass is 10.1. The Labute approximate surface area is 187 Å². The largest absolute Gasteiger partial charge is 0.476 e. The van der Waals surface area contributed by atoms with Crippen LogP contribution in [0.25, 0.3) is 10.3 Å². The van der Waals surface area contributed by atoms with Crippen LogP contribution in [-0.2, 0) is 20.8 Å². The minimum absolute atomic E-state index is 0.109. The lowest BCUT2D eigenvalue weighted by Crippen LogP contribution is -2.36. The molecule has 5 N–H and O–H groups in total. The molecule has 3 heterocycles. The number of nitrogen functional groups attached to an aromatic ring is 1. The number of fused-ring (bicyclic) bond motifs is 1. The van der Waals surface area contributed by atoms with Gasteiger partial charge in [-0.3, -0.25) is 14.2 Å². The van der Waals surface area contributed by atoms with Crippen LogP contribution < -0.4 is 15.3 Å². The molecule has 4 atom stereocenters. The van der Waals surface area contributed by atoms with Crippen molar-refractivity contribution >= 4 is 33.6 Å². The van der Waals surface area contributed by atoms with Crippen LogP contribution in [0.4, 0.5) is 5.95 Å². The highest BCUT2D eigenvalue weighted by molar-refractivity contribution is 7.16. The Kier molecular flexibility index (Phi) is 7.35. The first-order chi connectivity index (χ1) is 15.0. The van der Waals surface area contributed by atoms with Crippen molar-refractivity contribution in [1.82, 2.24) is 14.5 Å². The third-order valence-electron chi connectivity index (χ3n) is 4.69. The number of rotatable bonds is 8. The Bertz CT molecular complexity index is 1020. The molecule has 1 aliphatic rings. The maximum Gasteiger partial charge on any atom is 0.309 e. The van der Waals surface area contributed by atoms with Crippen molar-refractivity contribution in [3.05, 3.63) is 9.67 Å². The first kappa shape index (κ1) is 24.3. The summed E-state index contributed by atoms with van der Waals surface area (Å²) in [6, 6.07) is 0. The maximum absolute atomic E-state index is 12.6. The van der Waals surface area contributed by atoms with E-state index in [2.05, 4.69) is 9.97 Å². The van der Waals surface area contributed by atoms with Crippen LogP contribution in [0, 0.1) is 0 Å². The van der Waals surface area contributed by atoms with E-state index in [-0.39, 0.29) is 43.0 Å². The predicted molar refractivity (Wildman–Crippen MR) is 114 cm³/mol. The van der Waals surface area contributed by atoms with Crippen LogP contribution in [0.15, 0.2) is 4.79 Å². The van der Waals surface area contributed by atoms with Crippen LogP contribution >= 0.6 is 11.3 Å². The van der Waals surface area contributed by atoms with Crippen LogP contribution in [0.2, 0.25) is 0 Å². The molecule has 0 amide bonds. The number of thiazole rings is 1. The van der Waals surface area contributed by atoms with E-state index < -0.39 is 41.5 Å². The fourth-order valence-electron chi connectivity index (χ4n) is 3.28. The predicted octanol–water partition coefficient (Wildman–Crippen LogP) is -0.583. The summed E-state index contributed by atoms with van der Waals surface area (Å²) >= 11 is 0.839. The van der Waals surface area contributed by atoms with E-state index in [0.717, 1.165) is 11.3 Å². The number of carbonyl (C=O) groups excluding carboxylic acids is 1. The van der Waals surface area contributed by atoms with Gasteiger partial charge in [-0.1, -0.05) is 11.3 Å². The molecule has 0 radical (unpaired) electrons. The highest BCUT2D eigenvalue weighted by Gasteiger charge is 2.42. The van der Waals surface area contributed by atoms with Crippen molar-refractivity contribution in [3.8, 4) is 5.88 Å². The molecule has 1 fully saturated rings. The van der Waals surface area contributed by atoms with Gasteiger partial charge in [-0.05, 0) is 27.2 Å². The van der Waals surface area contributed by atoms with Crippen LogP contribution in [-0.4, -0.2) is 79.1 Å². The maximum atomic E-state index is 12.6. The van der Waals surface area contributed by atoms with Gasteiger partial charge in [-0.15, -0.1) is 0 Å². The second-order valence-electron chi connectivity index (χ2n) is 8.43. The van der Waals surface area contributed by atoms with Gasteiger partial charge < -0.3 is 35.3 Å². The highest BCUT2D eigenvalue weighted by Crippen LogP contribution is 2.28. The molecule has 2 aromatic rings. The number of anilines is 1. The van der Waals surface area contributed by atoms with Crippen molar-refractivity contribution in [2.45, 2.75) is 70.2 Å². The Morgan fingerprint density at radius 2 is 1.94 bits per heavy atom. The molecule has 1 saturated heterocycles. The molecule has 12 nitrogen and oxygen atoms in total. The van der Waals surface area contributed by atoms with Crippen molar-refractivity contribution in [3.63, 3.8) is 0 Å². The summed E-state index contributed by atoms with van der Waals surface area (Å²) < 4.78 is 18.0. The smallest absolute Gasteiger partial charge is 0.309 e. The number of hydrogen-bond donors (Lipinski definition) is 4. The molecule has 32 heavy (non-hydrogen) atoms. The van der Waals surface area contributed by atoms with Crippen molar-refractivity contribution < 1.29 is 34.3 Å². The number of aliphatic hydroxyl groups excluding tert-OH is 3. The molecule has 2 aromatic heterocycles. The second kappa shape index (κ2) is 9.67. The van der Waals surface area contributed by atoms with Crippen molar-refractivity contribution in [1.29, 1.82) is 0 Å². The standard InChI is InChI=1S/C19H28N4O8S/c1-19(2,3)31-11(25)5-4-6-29-16-14-15(21-17(20)22-16)23(18(28)32-14)7-9-12(26)13(27)10(8-24)30-9/h9-10,12-13,24,26-27H,4-8H2,1-3H3,(H2,20,21,22)/t9-,10+,12-,13+/m0/s1. The molecule has 0 spiro atoms. The SMILES string of the molecule is CC(C)(C)OC(=O)CCCOc1nc(N)nc2c1sc(=O)n2C[C@@H]1O[C@H](CO)[C@@H](O)[C@H]1O. The number of nitrogens with zero attached hydrogens (tertiary/aromatic N) is 3. The van der Waals surface area contributed by atoms with Gasteiger partial charge in [-0.25, -0.2) is 0 Å². The number of esters is 1. The van der Waals surface area contributed by atoms with Crippen molar-refractivity contribution in [2.75, 3.05) is 18.9 Å². The minimum atomic E-state index is -1.28. The van der Waals surface area contributed by atoms with E-state index >= 15 is 0 Å². The van der Waals surface area contributed by atoms with Crippen molar-refractivity contribution in [2.24, 2.45) is 0 Å². The number of ether oxygens (including phenoxy) is 3. The van der Waals surface area contributed by atoms with Crippen LogP contribution in [0.5, 0.6) is 5.88 Å². The lowest BCUT2D eigenvalue weighted by molar-refractivity contribution is -0.155. The summed E-state index contributed by atoms with van der Waals surface area (Å²) in [7, 11) is 0. The van der Waals surface area contributed by atoms with E-state index in [0.29, 0.717) is 11.1 Å². The zero-order valence-electron chi connectivity index (χ0n) is 18.1. The number of nitrogens with two attached hydrogens (primary N) is 1. The molecule has 0 aliphatic carbocycles. The Morgan fingerprint density at radius 1 is 1.25 bits per heavy atom. The van der Waals surface area contributed by atoms with Gasteiger partial charge in [0.25, 0.3) is 0 Å². The molecule has 0 saturated carbocycles. The zero-order chi connectivity index (χ0) is 23.6. The summed E-state index contributed by atoms with van der Waals surface area (Å²) in [4.78, 5) is 32.2. The fraction of sp³-hybridized carbons (Fsp3) is 0.684. The molecule has 3 rings (SSSR count). The highest BCUT2D eigenvalue weighted by atomic mass is 32.1. The molecule has 0 aromatic carbocycles. The van der Waals surface area contributed by atoms with E-state index in [1.54, 1.807) is 20.8 Å². The monoisotopic (exact) mass is 472 g/mol. The van der Waals surface area contributed by atoms with Gasteiger partial charge >= 0.3 is 10.8 Å². The second-order valence-corrected chi connectivity index (χ2v) is 9.40. The molecular weight excluding hydrogens is 444 g/mol. The third-order valence-corrected chi connectivity index (χ3v) is 5.64. The molecule has 178 valence electrons. The van der Waals surface area contributed by atoms with Gasteiger partial charge in [0, 0.05) is 6.42 Å². The Morgan fingerprint density at radius 3 is 2.56 bits per heavy atom. The lowest BCUT2D eigenvalue weighted by Gasteiger charge is -2.19. The van der Waals surface area contributed by atoms with Crippen LogP contribution in [0.1, 0.15) is 33.6 Å². The van der Waals surface area contributed by atoms with Gasteiger partial charge in [-0.2, -0.15) is 9.97 Å². The average molecular weight is 473 g/mol. The van der Waals surface area contributed by atoms with E-state index in [1.165, 1.54) is 4.57 Å². The van der Waals surface area contributed by atoms with Gasteiger partial charge in [0.05, 0.1) is 19.8 Å². The molecule has 1 aliphatic heterocycles. The summed E-state index contributed by atoms with van der Waals surface area (Å²) in [5, 5.41) is 29.3. The zero-order valence-corrected chi connectivity index (χ0v) is 18.9. The number of carbonyl (C=O) groups is 1. The summed E-state index contributed by atoms with van der Waals surface area (Å²) in [5.41, 5.74) is 5.42. The van der Waals surface area contributed by atoms with Gasteiger partial charge in [0.1, 0.15) is 34.7 Å². The minimum Gasteiger partial charge on any atom is -0.476 e. The summed E-state index contributed by atoms with van der Waals surface area (Å²) in [5.74, 6) is -0.353. The first-order valence-corrected chi connectivity index (χ1v) is 11.0. The quantitative estimate of drug-likeness (QED) is 0.285. The first-order valence-electron chi connectivity index (χ1n) is 10.1. The summed E-state index contributed by atoms with van der Waals surface area (Å²) in [6.45, 7) is 4.93.